The summed E-state index contributed by atoms with van der Waals surface area (Å²) >= 11 is 0. The average Bonchev–Trinajstić information content (AvgIpc) is 2.55. The van der Waals surface area contributed by atoms with Crippen LogP contribution in [0.4, 0.5) is 0 Å². The number of benzene rings is 1. The van der Waals surface area contributed by atoms with Crippen molar-refractivity contribution in [2.24, 2.45) is 5.92 Å². The maximum absolute atomic E-state index is 11.8. The number of carbonyl (C=O) groups is 3. The molecule has 1 atom stereocenters. The normalized spacial score (nSPS) is 19.8. The molecule has 1 aliphatic rings. The van der Waals surface area contributed by atoms with Crippen LogP contribution in [0.2, 0.25) is 0 Å². The van der Waals surface area contributed by atoms with Crippen LogP contribution < -0.4 is 0 Å². The third kappa shape index (κ3) is 2.25. The minimum atomic E-state index is -1.07. The van der Waals surface area contributed by atoms with Crippen LogP contribution in [0.25, 0.3) is 0 Å². The first-order chi connectivity index (χ1) is 8.09. The van der Waals surface area contributed by atoms with Crippen molar-refractivity contribution in [2.45, 2.75) is 13.5 Å². The Hall–Kier alpha value is -1.97. The fourth-order valence-corrected chi connectivity index (χ4v) is 2.02. The highest BCUT2D eigenvalue weighted by Crippen LogP contribution is 2.18. The van der Waals surface area contributed by atoms with Crippen LogP contribution in [-0.2, 0) is 20.9 Å². The van der Waals surface area contributed by atoms with Crippen molar-refractivity contribution in [3.05, 3.63) is 35.9 Å². The van der Waals surface area contributed by atoms with Crippen molar-refractivity contribution in [1.82, 2.24) is 4.90 Å². The Morgan fingerprint density at radius 2 is 1.94 bits per heavy atom. The first-order valence-electron chi connectivity index (χ1n) is 5.45. The van der Waals surface area contributed by atoms with Crippen LogP contribution >= 0.6 is 0 Å². The number of amides is 1. The predicted molar refractivity (Wildman–Crippen MR) is 61.0 cm³/mol. The van der Waals surface area contributed by atoms with Crippen LogP contribution in [-0.4, -0.2) is 28.9 Å². The van der Waals surface area contributed by atoms with E-state index in [1.807, 2.05) is 30.3 Å². The molecule has 88 valence electrons. The molecule has 1 amide bonds. The Bertz CT molecular complexity index is 467. The molecule has 1 saturated heterocycles. The molecule has 0 aliphatic carbocycles. The zero-order chi connectivity index (χ0) is 12.4. The number of Topliss-reactive ketones (excluding diaryl/α,β-unsaturated/α-hetero) is 2. The van der Waals surface area contributed by atoms with Crippen molar-refractivity contribution in [3.63, 3.8) is 0 Å². The lowest BCUT2D eigenvalue weighted by Gasteiger charge is -2.14. The van der Waals surface area contributed by atoms with Gasteiger partial charge in [0.2, 0.25) is 5.91 Å². The van der Waals surface area contributed by atoms with Gasteiger partial charge in [0.1, 0.15) is 5.78 Å². The predicted octanol–water partition coefficient (Wildman–Crippen LogP) is 0.803. The molecule has 0 radical (unpaired) electrons. The van der Waals surface area contributed by atoms with Gasteiger partial charge in [-0.3, -0.25) is 14.4 Å². The van der Waals surface area contributed by atoms with Gasteiger partial charge in [-0.2, -0.15) is 0 Å². The van der Waals surface area contributed by atoms with Gasteiger partial charge < -0.3 is 4.90 Å². The van der Waals surface area contributed by atoms with Gasteiger partial charge in [-0.05, 0) is 12.5 Å². The number of hydrogen-bond acceptors (Lipinski definition) is 3. The number of nitrogens with zero attached hydrogens (tertiary/aromatic N) is 1. The molecule has 4 nitrogen and oxygen atoms in total. The monoisotopic (exact) mass is 231 g/mol. The molecule has 1 unspecified atom stereocenters. The summed E-state index contributed by atoms with van der Waals surface area (Å²) in [7, 11) is 0. The van der Waals surface area contributed by atoms with E-state index in [4.69, 9.17) is 0 Å². The molecule has 2 rings (SSSR count). The van der Waals surface area contributed by atoms with Gasteiger partial charge in [-0.25, -0.2) is 0 Å². The lowest BCUT2D eigenvalue weighted by Crippen LogP contribution is -2.29. The third-order valence-corrected chi connectivity index (χ3v) is 2.85. The van der Waals surface area contributed by atoms with Gasteiger partial charge in [0, 0.05) is 6.54 Å². The minimum Gasteiger partial charge on any atom is -0.330 e. The van der Waals surface area contributed by atoms with Crippen LogP contribution in [0.15, 0.2) is 30.3 Å². The number of hydrogen-bond donors (Lipinski definition) is 0. The molecule has 1 aromatic rings. The standard InChI is InChI=1S/C13H13NO3/c1-9(15)12-11(16)8-14(13(12)17)7-10-5-3-2-4-6-10/h2-6,12H,7-8H2,1H3. The van der Waals surface area contributed by atoms with E-state index in [0.29, 0.717) is 6.54 Å². The number of ketones is 2. The molecule has 4 heteroatoms. The van der Waals surface area contributed by atoms with E-state index in [1.165, 1.54) is 11.8 Å². The zero-order valence-electron chi connectivity index (χ0n) is 9.55. The van der Waals surface area contributed by atoms with Crippen LogP contribution in [0.3, 0.4) is 0 Å². The minimum absolute atomic E-state index is 0.0397. The largest absolute Gasteiger partial charge is 0.330 e. The van der Waals surface area contributed by atoms with E-state index < -0.39 is 5.92 Å². The quantitative estimate of drug-likeness (QED) is 0.723. The van der Waals surface area contributed by atoms with Crippen molar-refractivity contribution >= 4 is 17.5 Å². The maximum Gasteiger partial charge on any atom is 0.241 e. The highest BCUT2D eigenvalue weighted by atomic mass is 16.2. The van der Waals surface area contributed by atoms with Gasteiger partial charge in [-0.15, -0.1) is 0 Å². The summed E-state index contributed by atoms with van der Waals surface area (Å²) < 4.78 is 0. The SMILES string of the molecule is CC(=O)C1C(=O)CN(Cc2ccccc2)C1=O. The summed E-state index contributed by atoms with van der Waals surface area (Å²) in [6, 6.07) is 9.41. The lowest BCUT2D eigenvalue weighted by atomic mass is 10.0. The second-order valence-electron chi connectivity index (χ2n) is 4.19. The Morgan fingerprint density at radius 1 is 1.29 bits per heavy atom. The highest BCUT2D eigenvalue weighted by molar-refractivity contribution is 6.22. The van der Waals surface area contributed by atoms with Gasteiger partial charge >= 0.3 is 0 Å². The van der Waals surface area contributed by atoms with Crippen LogP contribution in [0.1, 0.15) is 12.5 Å². The van der Waals surface area contributed by atoms with E-state index in [0.717, 1.165) is 5.56 Å². The van der Waals surface area contributed by atoms with Gasteiger partial charge in [0.15, 0.2) is 11.7 Å². The molecule has 0 N–H and O–H groups in total. The van der Waals surface area contributed by atoms with Gasteiger partial charge in [0.25, 0.3) is 0 Å². The third-order valence-electron chi connectivity index (χ3n) is 2.85. The average molecular weight is 231 g/mol. The molecule has 0 bridgehead atoms. The Balaban J connectivity index is 2.12. The first kappa shape index (κ1) is 11.5. The fourth-order valence-electron chi connectivity index (χ4n) is 2.02. The molecule has 1 aliphatic heterocycles. The summed E-state index contributed by atoms with van der Waals surface area (Å²) in [5, 5.41) is 0. The van der Waals surface area contributed by atoms with Crippen molar-refractivity contribution in [1.29, 1.82) is 0 Å². The molecule has 0 aromatic heterocycles. The van der Waals surface area contributed by atoms with Crippen LogP contribution in [0, 0.1) is 5.92 Å². The second-order valence-corrected chi connectivity index (χ2v) is 4.19. The fraction of sp³-hybridized carbons (Fsp3) is 0.308. The van der Waals surface area contributed by atoms with E-state index in [1.54, 1.807) is 0 Å². The topological polar surface area (TPSA) is 54.5 Å². The summed E-state index contributed by atoms with van der Waals surface area (Å²) in [5.74, 6) is -2.10. The molecule has 17 heavy (non-hydrogen) atoms. The van der Waals surface area contributed by atoms with E-state index in [-0.39, 0.29) is 24.0 Å². The van der Waals surface area contributed by atoms with Crippen molar-refractivity contribution in [2.75, 3.05) is 6.54 Å². The summed E-state index contributed by atoms with van der Waals surface area (Å²) in [4.78, 5) is 36.0. The number of carbonyl (C=O) groups excluding carboxylic acids is 3. The van der Waals surface area contributed by atoms with Gasteiger partial charge in [-0.1, -0.05) is 30.3 Å². The first-order valence-corrected chi connectivity index (χ1v) is 5.45. The zero-order valence-corrected chi connectivity index (χ0v) is 9.55. The highest BCUT2D eigenvalue weighted by Gasteiger charge is 2.41. The van der Waals surface area contributed by atoms with E-state index >= 15 is 0 Å². The summed E-state index contributed by atoms with van der Waals surface area (Å²) in [6.45, 7) is 1.71. The van der Waals surface area contributed by atoms with Crippen LogP contribution in [0.5, 0.6) is 0 Å². The van der Waals surface area contributed by atoms with Crippen molar-refractivity contribution < 1.29 is 14.4 Å². The van der Waals surface area contributed by atoms with Gasteiger partial charge in [0.05, 0.1) is 6.54 Å². The molecule has 1 heterocycles. The van der Waals surface area contributed by atoms with Crippen molar-refractivity contribution in [3.8, 4) is 0 Å². The Kier molecular flexibility index (Phi) is 3.04. The lowest BCUT2D eigenvalue weighted by molar-refractivity contribution is -0.138. The molecule has 1 aromatic carbocycles. The number of rotatable bonds is 3. The molecule has 0 saturated carbocycles. The summed E-state index contributed by atoms with van der Waals surface area (Å²) in [5.41, 5.74) is 0.956. The Morgan fingerprint density at radius 3 is 2.47 bits per heavy atom. The second kappa shape index (κ2) is 4.49. The molecular weight excluding hydrogens is 218 g/mol. The maximum atomic E-state index is 11.8. The van der Waals surface area contributed by atoms with E-state index in [9.17, 15) is 14.4 Å². The summed E-state index contributed by atoms with van der Waals surface area (Å²) in [6.07, 6.45) is 0. The molecule has 1 fully saturated rings. The molecular formula is C13H13NO3. The van der Waals surface area contributed by atoms with E-state index in [2.05, 4.69) is 0 Å². The molecule has 0 spiro atoms. The smallest absolute Gasteiger partial charge is 0.241 e. The Labute approximate surface area is 99.2 Å². The number of likely N-dealkylation sites (tertiary alicyclic amines) is 1.